The van der Waals surface area contributed by atoms with Crippen LogP contribution in [0.3, 0.4) is 0 Å². The van der Waals surface area contributed by atoms with Crippen LogP contribution in [-0.4, -0.2) is 50.0 Å². The van der Waals surface area contributed by atoms with Gasteiger partial charge >= 0.3 is 0 Å². The number of anilines is 1. The van der Waals surface area contributed by atoms with Gasteiger partial charge in [-0.1, -0.05) is 6.92 Å². The van der Waals surface area contributed by atoms with Crippen LogP contribution in [0.15, 0.2) is 18.2 Å². The molecule has 0 aliphatic carbocycles. The maximum absolute atomic E-state index is 11.0. The minimum absolute atomic E-state index is 0.0355. The number of ether oxygens (including phenoxy) is 2. The number of hydrogen-bond donors (Lipinski definition) is 1. The largest absolute Gasteiger partial charge is 0.493 e. The molecule has 0 heterocycles. The van der Waals surface area contributed by atoms with Crippen molar-refractivity contribution in [3.63, 3.8) is 0 Å². The lowest BCUT2D eigenvalue weighted by atomic mass is 10.2. The summed E-state index contributed by atoms with van der Waals surface area (Å²) in [5, 5.41) is 20.7. The highest BCUT2D eigenvalue weighted by Crippen LogP contribution is 2.28. The van der Waals surface area contributed by atoms with Crippen molar-refractivity contribution in [2.75, 3.05) is 38.8 Å². The Morgan fingerprint density at radius 2 is 2.14 bits per heavy atom. The Hall–Kier alpha value is -1.86. The molecule has 0 aromatic heterocycles. The molecular weight excluding hydrogens is 276 g/mol. The van der Waals surface area contributed by atoms with Crippen LogP contribution in [0.1, 0.15) is 13.3 Å². The number of aliphatic hydroxyl groups excluding tert-OH is 1. The number of methoxy groups -OCH3 is 1. The van der Waals surface area contributed by atoms with Gasteiger partial charge in [-0.2, -0.15) is 0 Å². The summed E-state index contributed by atoms with van der Waals surface area (Å²) >= 11 is 0. The fraction of sp³-hybridized carbons (Fsp3) is 0.571. The molecule has 21 heavy (non-hydrogen) atoms. The van der Waals surface area contributed by atoms with Gasteiger partial charge in [0.05, 0.1) is 30.3 Å². The van der Waals surface area contributed by atoms with Crippen molar-refractivity contribution < 1.29 is 19.5 Å². The van der Waals surface area contributed by atoms with E-state index in [4.69, 9.17) is 9.47 Å². The van der Waals surface area contributed by atoms with E-state index in [1.165, 1.54) is 19.2 Å². The molecule has 0 amide bonds. The summed E-state index contributed by atoms with van der Waals surface area (Å²) in [5.41, 5.74) is 0.581. The van der Waals surface area contributed by atoms with Gasteiger partial charge < -0.3 is 19.5 Å². The molecule has 0 spiro atoms. The van der Waals surface area contributed by atoms with E-state index in [0.717, 1.165) is 6.42 Å². The van der Waals surface area contributed by atoms with E-state index in [1.807, 2.05) is 6.92 Å². The molecule has 1 N–H and O–H groups in total. The predicted octanol–water partition coefficient (Wildman–Crippen LogP) is 1.83. The molecule has 118 valence electrons. The maximum atomic E-state index is 11.0. The van der Waals surface area contributed by atoms with E-state index in [0.29, 0.717) is 24.6 Å². The lowest BCUT2D eigenvalue weighted by Gasteiger charge is -2.22. The summed E-state index contributed by atoms with van der Waals surface area (Å²) < 4.78 is 10.3. The fourth-order valence-corrected chi connectivity index (χ4v) is 1.86. The second-order valence-corrected chi connectivity index (χ2v) is 4.78. The molecule has 0 saturated heterocycles. The minimum atomic E-state index is -0.667. The Bertz CT molecular complexity index is 467. The zero-order valence-corrected chi connectivity index (χ0v) is 12.6. The molecule has 1 unspecified atom stereocenters. The van der Waals surface area contributed by atoms with Crippen molar-refractivity contribution in [3.05, 3.63) is 28.3 Å². The van der Waals surface area contributed by atoms with E-state index >= 15 is 0 Å². The molecule has 1 atom stereocenters. The molecule has 7 nitrogen and oxygen atoms in total. The molecule has 1 aromatic carbocycles. The van der Waals surface area contributed by atoms with Crippen molar-refractivity contribution in [1.29, 1.82) is 0 Å². The van der Waals surface area contributed by atoms with Gasteiger partial charge in [0.25, 0.3) is 5.69 Å². The number of nitro groups is 1. The van der Waals surface area contributed by atoms with Crippen molar-refractivity contribution in [2.45, 2.75) is 19.4 Å². The third-order valence-electron chi connectivity index (χ3n) is 2.84. The van der Waals surface area contributed by atoms with Crippen molar-refractivity contribution >= 4 is 11.4 Å². The standard InChI is InChI=1S/C14H22N2O5/c1-4-5-21-14-7-11(6-12(8-14)16(18)19)15(2)9-13(17)10-20-3/h6-8,13,17H,4-5,9-10H2,1-3H3. The van der Waals surface area contributed by atoms with Gasteiger partial charge in [-0.15, -0.1) is 0 Å². The van der Waals surface area contributed by atoms with Gasteiger partial charge in [0, 0.05) is 38.5 Å². The summed E-state index contributed by atoms with van der Waals surface area (Å²) in [6.07, 6.45) is 0.153. The highest BCUT2D eigenvalue weighted by atomic mass is 16.6. The quantitative estimate of drug-likeness (QED) is 0.553. The van der Waals surface area contributed by atoms with Gasteiger partial charge in [-0.25, -0.2) is 0 Å². The van der Waals surface area contributed by atoms with Gasteiger partial charge in [-0.05, 0) is 6.42 Å². The number of aliphatic hydroxyl groups is 1. The summed E-state index contributed by atoms with van der Waals surface area (Å²) in [6.45, 7) is 2.98. The average Bonchev–Trinajstić information content (AvgIpc) is 2.44. The van der Waals surface area contributed by atoms with E-state index in [-0.39, 0.29) is 12.3 Å². The molecule has 7 heteroatoms. The first kappa shape index (κ1) is 17.2. The number of nitro benzene ring substituents is 1. The van der Waals surface area contributed by atoms with Crippen LogP contribution >= 0.6 is 0 Å². The Balaban J connectivity index is 2.92. The lowest BCUT2D eigenvalue weighted by molar-refractivity contribution is -0.384. The number of benzene rings is 1. The normalized spacial score (nSPS) is 12.0. The van der Waals surface area contributed by atoms with Crippen LogP contribution in [-0.2, 0) is 4.74 Å². The molecule has 1 rings (SSSR count). The van der Waals surface area contributed by atoms with Crippen LogP contribution in [0.2, 0.25) is 0 Å². The Morgan fingerprint density at radius 1 is 1.43 bits per heavy atom. The van der Waals surface area contributed by atoms with Gasteiger partial charge in [0.1, 0.15) is 5.75 Å². The van der Waals surface area contributed by atoms with Crippen LogP contribution in [0.25, 0.3) is 0 Å². The van der Waals surface area contributed by atoms with Gasteiger partial charge in [-0.3, -0.25) is 10.1 Å². The number of hydrogen-bond acceptors (Lipinski definition) is 6. The summed E-state index contributed by atoms with van der Waals surface area (Å²) in [4.78, 5) is 12.3. The van der Waals surface area contributed by atoms with E-state index in [1.54, 1.807) is 18.0 Å². The topological polar surface area (TPSA) is 85.1 Å². The molecule has 0 aliphatic rings. The Morgan fingerprint density at radius 3 is 2.71 bits per heavy atom. The third kappa shape index (κ3) is 5.57. The molecule has 0 saturated carbocycles. The SMILES string of the molecule is CCCOc1cc(N(C)CC(O)COC)cc([N+](=O)[O-])c1. The van der Waals surface area contributed by atoms with Gasteiger partial charge in [0.15, 0.2) is 0 Å². The maximum Gasteiger partial charge on any atom is 0.275 e. The highest BCUT2D eigenvalue weighted by Gasteiger charge is 2.15. The first-order valence-corrected chi connectivity index (χ1v) is 6.78. The van der Waals surface area contributed by atoms with E-state index in [9.17, 15) is 15.2 Å². The summed E-state index contributed by atoms with van der Waals surface area (Å²) in [6, 6.07) is 4.58. The van der Waals surface area contributed by atoms with Crippen molar-refractivity contribution in [2.24, 2.45) is 0 Å². The first-order valence-electron chi connectivity index (χ1n) is 6.78. The first-order chi connectivity index (χ1) is 9.97. The van der Waals surface area contributed by atoms with Crippen molar-refractivity contribution in [3.8, 4) is 5.75 Å². The number of non-ortho nitro benzene ring substituents is 1. The Kier molecular flexibility index (Phi) is 6.90. The van der Waals surface area contributed by atoms with Crippen LogP contribution in [0.5, 0.6) is 5.75 Å². The summed E-state index contributed by atoms with van der Waals surface area (Å²) in [7, 11) is 3.26. The highest BCUT2D eigenvalue weighted by molar-refractivity contribution is 5.57. The smallest absolute Gasteiger partial charge is 0.275 e. The minimum Gasteiger partial charge on any atom is -0.493 e. The number of likely N-dealkylation sites (N-methyl/N-ethyl adjacent to an activating group) is 1. The molecule has 0 fully saturated rings. The van der Waals surface area contributed by atoms with E-state index in [2.05, 4.69) is 0 Å². The molecular formula is C14H22N2O5. The number of rotatable bonds is 9. The lowest BCUT2D eigenvalue weighted by Crippen LogP contribution is -2.31. The molecule has 1 aromatic rings. The molecule has 0 aliphatic heterocycles. The Labute approximate surface area is 124 Å². The van der Waals surface area contributed by atoms with Crippen LogP contribution in [0, 0.1) is 10.1 Å². The predicted molar refractivity (Wildman–Crippen MR) is 80.0 cm³/mol. The zero-order valence-electron chi connectivity index (χ0n) is 12.6. The monoisotopic (exact) mass is 298 g/mol. The molecule has 0 bridgehead atoms. The van der Waals surface area contributed by atoms with Crippen LogP contribution in [0.4, 0.5) is 11.4 Å². The zero-order chi connectivity index (χ0) is 15.8. The second kappa shape index (κ2) is 8.43. The average molecular weight is 298 g/mol. The van der Waals surface area contributed by atoms with Crippen LogP contribution < -0.4 is 9.64 Å². The van der Waals surface area contributed by atoms with Gasteiger partial charge in [0.2, 0.25) is 0 Å². The fourth-order valence-electron chi connectivity index (χ4n) is 1.86. The third-order valence-corrected chi connectivity index (χ3v) is 2.84. The van der Waals surface area contributed by atoms with E-state index < -0.39 is 11.0 Å². The van der Waals surface area contributed by atoms with Crippen molar-refractivity contribution in [1.82, 2.24) is 0 Å². The molecule has 0 radical (unpaired) electrons. The summed E-state index contributed by atoms with van der Waals surface area (Å²) in [5.74, 6) is 0.453. The second-order valence-electron chi connectivity index (χ2n) is 4.78. The number of nitrogens with zero attached hydrogens (tertiary/aromatic N) is 2.